The van der Waals surface area contributed by atoms with Crippen molar-refractivity contribution in [2.24, 2.45) is 0 Å². The van der Waals surface area contributed by atoms with Crippen molar-refractivity contribution >= 4 is 19.8 Å². The van der Waals surface area contributed by atoms with Gasteiger partial charge in [-0.3, -0.25) is 14.1 Å². The van der Waals surface area contributed by atoms with E-state index in [9.17, 15) is 14.2 Å². The molecule has 302 valence electrons. The number of unbranched alkanes of at least 4 members (excludes halogenated alkanes) is 8. The SMILES string of the molecule is CC/C=C/C=C/C=C/C=C/C=C/CCCC(=O)OC(COC(=O)CCCCCCCCC/C=C/C/C=C/C/C=C/C/C=C/C/C=C/CC)COP(=O)(O)O. The van der Waals surface area contributed by atoms with Crippen LogP contribution in [0.3, 0.4) is 0 Å². The zero-order chi connectivity index (χ0) is 39.6. The average Bonchev–Trinajstić information content (AvgIpc) is 3.14. The zero-order valence-corrected chi connectivity index (χ0v) is 34.0. The van der Waals surface area contributed by atoms with Crippen molar-refractivity contribution in [3.63, 3.8) is 0 Å². The number of esters is 2. The number of carbonyl (C=O) groups is 2. The molecule has 8 nitrogen and oxygen atoms in total. The summed E-state index contributed by atoms with van der Waals surface area (Å²) in [5, 5.41) is 0. The molecule has 0 saturated carbocycles. The van der Waals surface area contributed by atoms with Gasteiger partial charge >= 0.3 is 19.8 Å². The van der Waals surface area contributed by atoms with Crippen molar-refractivity contribution in [1.82, 2.24) is 0 Å². The minimum atomic E-state index is -4.78. The Labute approximate surface area is 327 Å². The number of hydrogen-bond donors (Lipinski definition) is 2. The van der Waals surface area contributed by atoms with Gasteiger partial charge in [0.1, 0.15) is 6.61 Å². The van der Waals surface area contributed by atoms with Gasteiger partial charge in [0.05, 0.1) is 6.61 Å². The van der Waals surface area contributed by atoms with Crippen LogP contribution < -0.4 is 0 Å². The van der Waals surface area contributed by atoms with Crippen molar-refractivity contribution in [2.45, 2.75) is 136 Å². The van der Waals surface area contributed by atoms with Gasteiger partial charge in [-0.2, -0.15) is 0 Å². The molecule has 0 aromatic carbocycles. The van der Waals surface area contributed by atoms with Crippen molar-refractivity contribution in [2.75, 3.05) is 13.2 Å². The van der Waals surface area contributed by atoms with Crippen LogP contribution in [0.1, 0.15) is 129 Å². The molecule has 54 heavy (non-hydrogen) atoms. The topological polar surface area (TPSA) is 119 Å². The highest BCUT2D eigenvalue weighted by molar-refractivity contribution is 7.46. The van der Waals surface area contributed by atoms with Gasteiger partial charge in [0, 0.05) is 12.8 Å². The second-order valence-electron chi connectivity index (χ2n) is 12.6. The molecule has 0 aliphatic heterocycles. The predicted molar refractivity (Wildman–Crippen MR) is 225 cm³/mol. The number of hydrogen-bond acceptors (Lipinski definition) is 6. The Morgan fingerprint density at radius 3 is 1.50 bits per heavy atom. The molecule has 0 aliphatic rings. The van der Waals surface area contributed by atoms with Gasteiger partial charge < -0.3 is 19.3 Å². The molecule has 0 heterocycles. The van der Waals surface area contributed by atoms with Crippen LogP contribution in [0.5, 0.6) is 0 Å². The maximum Gasteiger partial charge on any atom is 0.469 e. The quantitative estimate of drug-likeness (QED) is 0.0218. The van der Waals surface area contributed by atoms with E-state index >= 15 is 0 Å². The van der Waals surface area contributed by atoms with Gasteiger partial charge in [0.15, 0.2) is 6.10 Å². The van der Waals surface area contributed by atoms with E-state index in [1.54, 1.807) is 0 Å². The van der Waals surface area contributed by atoms with Crippen molar-refractivity contribution in [1.29, 1.82) is 0 Å². The lowest BCUT2D eigenvalue weighted by atomic mass is 10.1. The third-order valence-electron chi connectivity index (χ3n) is 7.60. The molecule has 0 amide bonds. The second kappa shape index (κ2) is 39.2. The van der Waals surface area contributed by atoms with Gasteiger partial charge in [0.2, 0.25) is 0 Å². The van der Waals surface area contributed by atoms with Crippen LogP contribution in [0.2, 0.25) is 0 Å². The summed E-state index contributed by atoms with van der Waals surface area (Å²) in [4.78, 5) is 42.7. The Hall–Kier alpha value is -3.55. The molecule has 0 saturated heterocycles. The summed E-state index contributed by atoms with van der Waals surface area (Å²) >= 11 is 0. The maximum atomic E-state index is 12.3. The van der Waals surface area contributed by atoms with Crippen molar-refractivity contribution in [3.05, 3.63) is 122 Å². The number of carbonyl (C=O) groups excluding carboxylic acids is 2. The molecular weight excluding hydrogens is 699 g/mol. The predicted octanol–water partition coefficient (Wildman–Crippen LogP) is 12.2. The Balaban J connectivity index is 4.05. The van der Waals surface area contributed by atoms with E-state index in [1.807, 2.05) is 54.7 Å². The van der Waals surface area contributed by atoms with Crippen LogP contribution in [-0.4, -0.2) is 41.0 Å². The molecule has 1 unspecified atom stereocenters. The van der Waals surface area contributed by atoms with Crippen LogP contribution in [0.15, 0.2) is 122 Å². The van der Waals surface area contributed by atoms with E-state index in [4.69, 9.17) is 19.3 Å². The Morgan fingerprint density at radius 1 is 0.500 bits per heavy atom. The number of rotatable bonds is 34. The molecule has 2 N–H and O–H groups in total. The largest absolute Gasteiger partial charge is 0.469 e. The maximum absolute atomic E-state index is 12.3. The summed E-state index contributed by atoms with van der Waals surface area (Å²) in [5.74, 6) is -0.999. The third-order valence-corrected chi connectivity index (χ3v) is 8.09. The van der Waals surface area contributed by atoms with Crippen LogP contribution in [-0.2, 0) is 28.2 Å². The highest BCUT2D eigenvalue weighted by Gasteiger charge is 2.22. The van der Waals surface area contributed by atoms with Gasteiger partial charge in [-0.15, -0.1) is 0 Å². The summed E-state index contributed by atoms with van der Waals surface area (Å²) in [6.45, 7) is 3.33. The van der Waals surface area contributed by atoms with E-state index in [2.05, 4.69) is 85.2 Å². The standard InChI is InChI=1S/C45H69O8P/c1-3-5-7-9-11-13-15-17-18-19-20-21-22-23-24-25-26-28-29-31-33-35-37-39-44(46)51-41-43(42-52-54(48,49)50)53-45(47)40-38-36-34-32-30-27-16-14-12-10-8-6-4-2/h5-8,10-14,16-18,20-21,23-24,27,30,32,34,43H,3-4,9,15,19,22,25-26,28-29,31,33,35-42H2,1-2H3,(H2,48,49,50)/b7-5+,8-6+,12-10+,13-11+,16-14+,18-17+,21-20+,24-23+,30-27+,34-32+. The highest BCUT2D eigenvalue weighted by Crippen LogP contribution is 2.35. The monoisotopic (exact) mass is 768 g/mol. The van der Waals surface area contributed by atoms with E-state index in [1.165, 1.54) is 19.3 Å². The van der Waals surface area contributed by atoms with Crippen molar-refractivity contribution < 1.29 is 37.9 Å². The molecule has 0 aliphatic carbocycles. The molecule has 0 spiro atoms. The average molecular weight is 769 g/mol. The summed E-state index contributed by atoms with van der Waals surface area (Å²) in [6, 6.07) is 0. The van der Waals surface area contributed by atoms with Gasteiger partial charge in [-0.05, 0) is 70.6 Å². The lowest BCUT2D eigenvalue weighted by Gasteiger charge is -2.18. The van der Waals surface area contributed by atoms with Gasteiger partial charge in [-0.1, -0.05) is 167 Å². The summed E-state index contributed by atoms with van der Waals surface area (Å²) in [6.07, 6.45) is 56.5. The van der Waals surface area contributed by atoms with Crippen LogP contribution in [0.4, 0.5) is 0 Å². The summed E-state index contributed by atoms with van der Waals surface area (Å²) in [7, 11) is -4.78. The minimum absolute atomic E-state index is 0.105. The molecule has 0 radical (unpaired) electrons. The van der Waals surface area contributed by atoms with Gasteiger partial charge in [-0.25, -0.2) is 4.57 Å². The molecule has 0 bridgehead atoms. The first-order chi connectivity index (χ1) is 26.3. The first kappa shape index (κ1) is 50.5. The molecule has 0 aromatic rings. The van der Waals surface area contributed by atoms with E-state index < -0.39 is 32.5 Å². The lowest BCUT2D eigenvalue weighted by molar-refractivity contribution is -0.161. The number of ether oxygens (including phenoxy) is 2. The van der Waals surface area contributed by atoms with Crippen LogP contribution >= 0.6 is 7.82 Å². The van der Waals surface area contributed by atoms with Gasteiger partial charge in [0.25, 0.3) is 0 Å². The van der Waals surface area contributed by atoms with Crippen LogP contribution in [0, 0.1) is 0 Å². The molecule has 0 aromatic heterocycles. The lowest BCUT2D eigenvalue weighted by Crippen LogP contribution is -2.29. The number of phosphoric ester groups is 1. The smallest absolute Gasteiger partial charge is 0.462 e. The normalized spacial score (nSPS) is 13.8. The van der Waals surface area contributed by atoms with Crippen LogP contribution in [0.25, 0.3) is 0 Å². The van der Waals surface area contributed by atoms with Crippen molar-refractivity contribution in [3.8, 4) is 0 Å². The molecule has 0 rings (SSSR count). The van der Waals surface area contributed by atoms with E-state index in [-0.39, 0.29) is 19.4 Å². The second-order valence-corrected chi connectivity index (χ2v) is 13.9. The molecule has 1 atom stereocenters. The minimum Gasteiger partial charge on any atom is -0.462 e. The molecule has 0 fully saturated rings. The fraction of sp³-hybridized carbons (Fsp3) is 0.511. The fourth-order valence-electron chi connectivity index (χ4n) is 4.72. The third kappa shape index (κ3) is 41.2. The first-order valence-corrected chi connectivity index (χ1v) is 21.4. The number of phosphoric acid groups is 1. The zero-order valence-electron chi connectivity index (χ0n) is 33.1. The molecule has 9 heteroatoms. The first-order valence-electron chi connectivity index (χ1n) is 19.9. The highest BCUT2D eigenvalue weighted by atomic mass is 31.2. The Kier molecular flexibility index (Phi) is 36.6. The summed E-state index contributed by atoms with van der Waals surface area (Å²) in [5.41, 5.74) is 0. The van der Waals surface area contributed by atoms with E-state index in [0.717, 1.165) is 64.2 Å². The van der Waals surface area contributed by atoms with E-state index in [0.29, 0.717) is 19.3 Å². The summed E-state index contributed by atoms with van der Waals surface area (Å²) < 4.78 is 26.2. The number of allylic oxidation sites excluding steroid dienone is 20. The Bertz CT molecular complexity index is 1280. The molecular formula is C45H69O8P. The fourth-order valence-corrected chi connectivity index (χ4v) is 5.08. The Morgan fingerprint density at radius 2 is 0.944 bits per heavy atom.